The smallest absolute Gasteiger partial charge is 0.234 e. The number of nitrogens with zero attached hydrogens (tertiary/aromatic N) is 2. The van der Waals surface area contributed by atoms with Crippen LogP contribution >= 0.6 is 24.0 Å². The molecule has 1 aliphatic heterocycles. The Kier molecular flexibility index (Phi) is 13.2. The summed E-state index contributed by atoms with van der Waals surface area (Å²) in [5, 5.41) is 9.81. The summed E-state index contributed by atoms with van der Waals surface area (Å²) in [7, 11) is 1.78. The van der Waals surface area contributed by atoms with Gasteiger partial charge >= 0.3 is 0 Å². The predicted octanol–water partition coefficient (Wildman–Crippen LogP) is 2.53. The molecular weight excluding hydrogens is 493 g/mol. The minimum absolute atomic E-state index is 0. The van der Waals surface area contributed by atoms with Crippen molar-refractivity contribution in [2.24, 2.45) is 4.99 Å². The van der Waals surface area contributed by atoms with Gasteiger partial charge in [-0.1, -0.05) is 37.8 Å². The number of rotatable bonds is 10. The highest BCUT2D eigenvalue weighted by atomic mass is 127. The Hall–Kier alpha value is -1.81. The summed E-state index contributed by atoms with van der Waals surface area (Å²) >= 11 is 0. The molecule has 0 atom stereocenters. The number of nitrogens with one attached hydrogen (secondary N) is 3. The molecule has 1 aromatic rings. The molecule has 1 amide bonds. The molecule has 0 saturated carbocycles. The molecule has 0 spiro atoms. The SMILES string of the molecule is C=CCOc1ccccc1CNC(=NC)NC1CCN(CC(=O)NCCC)CC1.I. The number of para-hydroxylation sites is 1. The number of piperidine rings is 1. The molecule has 0 unspecified atom stereocenters. The lowest BCUT2D eigenvalue weighted by molar-refractivity contribution is -0.122. The third-order valence-electron chi connectivity index (χ3n) is 4.87. The molecule has 0 bridgehead atoms. The van der Waals surface area contributed by atoms with Gasteiger partial charge in [-0.25, -0.2) is 0 Å². The van der Waals surface area contributed by atoms with Crippen LogP contribution in [0.5, 0.6) is 5.75 Å². The number of benzene rings is 1. The highest BCUT2D eigenvalue weighted by molar-refractivity contribution is 14.0. The summed E-state index contributed by atoms with van der Waals surface area (Å²) in [5.41, 5.74) is 1.07. The van der Waals surface area contributed by atoms with Crippen LogP contribution < -0.4 is 20.7 Å². The molecule has 1 fully saturated rings. The number of carbonyl (C=O) groups is 1. The Balaban J connectivity index is 0.00000450. The Bertz CT molecular complexity index is 675. The highest BCUT2D eigenvalue weighted by Crippen LogP contribution is 2.17. The maximum atomic E-state index is 11.9. The first-order valence-corrected chi connectivity index (χ1v) is 10.4. The number of carbonyl (C=O) groups excluding carboxylic acids is 1. The second-order valence-electron chi connectivity index (χ2n) is 7.18. The zero-order valence-corrected chi connectivity index (χ0v) is 20.5. The lowest BCUT2D eigenvalue weighted by atomic mass is 10.1. The van der Waals surface area contributed by atoms with E-state index in [2.05, 4.69) is 39.3 Å². The second kappa shape index (κ2) is 15.1. The van der Waals surface area contributed by atoms with Crippen molar-refractivity contribution in [3.8, 4) is 5.75 Å². The minimum atomic E-state index is 0. The van der Waals surface area contributed by atoms with Crippen LogP contribution in [0.25, 0.3) is 0 Å². The van der Waals surface area contributed by atoms with Gasteiger partial charge in [-0.05, 0) is 25.3 Å². The maximum Gasteiger partial charge on any atom is 0.234 e. The molecule has 2 rings (SSSR count). The predicted molar refractivity (Wildman–Crippen MR) is 134 cm³/mol. The third kappa shape index (κ3) is 9.34. The molecule has 0 aromatic heterocycles. The van der Waals surface area contributed by atoms with Crippen molar-refractivity contribution in [1.82, 2.24) is 20.9 Å². The number of ether oxygens (including phenoxy) is 1. The van der Waals surface area contributed by atoms with Crippen LogP contribution in [0.2, 0.25) is 0 Å². The van der Waals surface area contributed by atoms with E-state index in [0.29, 0.717) is 25.7 Å². The van der Waals surface area contributed by atoms with Crippen molar-refractivity contribution in [3.05, 3.63) is 42.5 Å². The second-order valence-corrected chi connectivity index (χ2v) is 7.18. The van der Waals surface area contributed by atoms with Gasteiger partial charge in [-0.15, -0.1) is 24.0 Å². The topological polar surface area (TPSA) is 78.0 Å². The van der Waals surface area contributed by atoms with E-state index in [0.717, 1.165) is 56.2 Å². The molecule has 7 nitrogen and oxygen atoms in total. The van der Waals surface area contributed by atoms with Crippen molar-refractivity contribution in [3.63, 3.8) is 0 Å². The average Bonchev–Trinajstić information content (AvgIpc) is 2.75. The molecular formula is C22H36IN5O2. The largest absolute Gasteiger partial charge is 0.489 e. The zero-order chi connectivity index (χ0) is 20.9. The van der Waals surface area contributed by atoms with Crippen molar-refractivity contribution in [1.29, 1.82) is 0 Å². The lowest BCUT2D eigenvalue weighted by Gasteiger charge is -2.32. The molecule has 168 valence electrons. The first kappa shape index (κ1) is 26.2. The van der Waals surface area contributed by atoms with E-state index in [-0.39, 0.29) is 29.9 Å². The number of likely N-dealkylation sites (tertiary alicyclic amines) is 1. The van der Waals surface area contributed by atoms with Gasteiger partial charge in [0.2, 0.25) is 5.91 Å². The number of hydrogen-bond donors (Lipinski definition) is 3. The summed E-state index contributed by atoms with van der Waals surface area (Å²) in [6, 6.07) is 8.32. The lowest BCUT2D eigenvalue weighted by Crippen LogP contribution is -2.50. The summed E-state index contributed by atoms with van der Waals surface area (Å²) in [4.78, 5) is 18.4. The molecule has 0 radical (unpaired) electrons. The fourth-order valence-corrected chi connectivity index (χ4v) is 3.27. The fourth-order valence-electron chi connectivity index (χ4n) is 3.27. The van der Waals surface area contributed by atoms with Crippen LogP contribution in [0.3, 0.4) is 0 Å². The highest BCUT2D eigenvalue weighted by Gasteiger charge is 2.21. The first-order chi connectivity index (χ1) is 14.2. The van der Waals surface area contributed by atoms with E-state index < -0.39 is 0 Å². The fraction of sp³-hybridized carbons (Fsp3) is 0.545. The Morgan fingerprint density at radius 2 is 2.03 bits per heavy atom. The van der Waals surface area contributed by atoms with E-state index in [9.17, 15) is 4.79 Å². The molecule has 1 saturated heterocycles. The summed E-state index contributed by atoms with van der Waals surface area (Å²) in [6.07, 6.45) is 4.68. The van der Waals surface area contributed by atoms with Crippen molar-refractivity contribution in [2.45, 2.75) is 38.8 Å². The van der Waals surface area contributed by atoms with E-state index in [1.54, 1.807) is 13.1 Å². The summed E-state index contributed by atoms with van der Waals surface area (Å²) in [5.74, 6) is 1.75. The number of hydrogen-bond acceptors (Lipinski definition) is 4. The molecule has 0 aliphatic carbocycles. The monoisotopic (exact) mass is 529 g/mol. The maximum absolute atomic E-state index is 11.9. The molecule has 8 heteroatoms. The number of aliphatic imine (C=N–C) groups is 1. The van der Waals surface area contributed by atoms with Gasteiger partial charge in [0.05, 0.1) is 6.54 Å². The van der Waals surface area contributed by atoms with Crippen LogP contribution in [0.15, 0.2) is 41.9 Å². The Labute approximate surface area is 197 Å². The van der Waals surface area contributed by atoms with Crippen LogP contribution in [-0.4, -0.2) is 62.6 Å². The zero-order valence-electron chi connectivity index (χ0n) is 18.2. The van der Waals surface area contributed by atoms with Crippen LogP contribution in [0.4, 0.5) is 0 Å². The third-order valence-corrected chi connectivity index (χ3v) is 4.87. The normalized spacial score (nSPS) is 15.1. The van der Waals surface area contributed by atoms with E-state index in [4.69, 9.17) is 4.74 Å². The number of halogens is 1. The van der Waals surface area contributed by atoms with Gasteiger partial charge in [-0.2, -0.15) is 0 Å². The van der Waals surface area contributed by atoms with Gasteiger partial charge in [0.1, 0.15) is 12.4 Å². The molecule has 3 N–H and O–H groups in total. The first-order valence-electron chi connectivity index (χ1n) is 10.4. The molecule has 30 heavy (non-hydrogen) atoms. The summed E-state index contributed by atoms with van der Waals surface area (Å²) < 4.78 is 5.71. The number of amides is 1. The van der Waals surface area contributed by atoms with E-state index >= 15 is 0 Å². The van der Waals surface area contributed by atoms with Crippen molar-refractivity contribution in [2.75, 3.05) is 39.8 Å². The summed E-state index contributed by atoms with van der Waals surface area (Å²) in [6.45, 7) is 9.93. The number of guanidine groups is 1. The van der Waals surface area contributed by atoms with Crippen molar-refractivity contribution >= 4 is 35.8 Å². The quantitative estimate of drug-likeness (QED) is 0.188. The minimum Gasteiger partial charge on any atom is -0.489 e. The van der Waals surface area contributed by atoms with Crippen molar-refractivity contribution < 1.29 is 9.53 Å². The molecule has 1 aromatic carbocycles. The van der Waals surface area contributed by atoms with Gasteiger partial charge < -0.3 is 20.7 Å². The average molecular weight is 529 g/mol. The van der Waals surface area contributed by atoms with Gasteiger partial charge in [0.15, 0.2) is 5.96 Å². The van der Waals surface area contributed by atoms with Crippen LogP contribution in [0, 0.1) is 0 Å². The van der Waals surface area contributed by atoms with Gasteiger partial charge in [0.25, 0.3) is 0 Å². The molecule has 1 heterocycles. The van der Waals surface area contributed by atoms with E-state index in [1.807, 2.05) is 24.3 Å². The van der Waals surface area contributed by atoms with E-state index in [1.165, 1.54) is 0 Å². The Morgan fingerprint density at radius 3 is 2.70 bits per heavy atom. The van der Waals surface area contributed by atoms with Gasteiger partial charge in [0, 0.05) is 44.8 Å². The standard InChI is InChI=1S/C22H35N5O2.HI/c1-4-12-24-21(28)17-27-13-10-19(11-14-27)26-22(23-3)25-16-18-8-6-7-9-20(18)29-15-5-2;/h5-9,19H,2,4,10-17H2,1,3H3,(H,24,28)(H2,23,25,26);1H. The Morgan fingerprint density at radius 1 is 1.30 bits per heavy atom. The molecule has 1 aliphatic rings. The van der Waals surface area contributed by atoms with Crippen LogP contribution in [-0.2, 0) is 11.3 Å². The van der Waals surface area contributed by atoms with Gasteiger partial charge in [-0.3, -0.25) is 14.7 Å². The van der Waals surface area contributed by atoms with Crippen LogP contribution in [0.1, 0.15) is 31.7 Å².